The molecule has 0 bridgehead atoms. The summed E-state index contributed by atoms with van der Waals surface area (Å²) in [7, 11) is 0. The molecule has 0 amide bonds. The summed E-state index contributed by atoms with van der Waals surface area (Å²) in [6.45, 7) is 9.29. The summed E-state index contributed by atoms with van der Waals surface area (Å²) in [5, 5.41) is 9.48. The molecule has 1 heterocycles. The highest BCUT2D eigenvalue weighted by Crippen LogP contribution is 2.36. The van der Waals surface area contributed by atoms with Crippen molar-refractivity contribution in [3.8, 4) is 17.2 Å². The molecule has 0 saturated heterocycles. The highest BCUT2D eigenvalue weighted by molar-refractivity contribution is 5.78. The van der Waals surface area contributed by atoms with Crippen molar-refractivity contribution in [2.75, 3.05) is 18.8 Å². The van der Waals surface area contributed by atoms with E-state index >= 15 is 0 Å². The van der Waals surface area contributed by atoms with E-state index in [1.54, 1.807) is 0 Å². The van der Waals surface area contributed by atoms with E-state index in [1.165, 1.54) is 27.8 Å². The van der Waals surface area contributed by atoms with Crippen LogP contribution in [0.1, 0.15) is 34.7 Å². The number of nitrogens with zero attached hydrogens (tertiary/aromatic N) is 2. The van der Waals surface area contributed by atoms with Crippen LogP contribution in [0.15, 0.2) is 24.3 Å². The van der Waals surface area contributed by atoms with Crippen molar-refractivity contribution < 1.29 is 0 Å². The van der Waals surface area contributed by atoms with Crippen molar-refractivity contribution in [2.45, 2.75) is 33.7 Å². The van der Waals surface area contributed by atoms with Crippen molar-refractivity contribution in [3.05, 3.63) is 52.1 Å². The summed E-state index contributed by atoms with van der Waals surface area (Å²) in [4.78, 5) is 2.38. The van der Waals surface area contributed by atoms with Gasteiger partial charge in [0.2, 0.25) is 0 Å². The average Bonchev–Trinajstić information content (AvgIpc) is 2.54. The summed E-state index contributed by atoms with van der Waals surface area (Å²) in [6, 6.07) is 10.8. The molecule has 0 saturated carbocycles. The zero-order valence-electron chi connectivity index (χ0n) is 14.1. The minimum Gasteiger partial charge on any atom is -0.397 e. The first-order valence-electron chi connectivity index (χ1n) is 8.18. The molecule has 0 aromatic heterocycles. The molecular weight excluding hydrogens is 282 g/mol. The van der Waals surface area contributed by atoms with Gasteiger partial charge >= 0.3 is 0 Å². The number of hydrogen-bond donors (Lipinski definition) is 1. The minimum atomic E-state index is 0.593. The van der Waals surface area contributed by atoms with Crippen molar-refractivity contribution >= 4 is 5.69 Å². The van der Waals surface area contributed by atoms with Crippen LogP contribution in [0.3, 0.4) is 0 Å². The van der Waals surface area contributed by atoms with Gasteiger partial charge in [0, 0.05) is 13.1 Å². The van der Waals surface area contributed by atoms with Crippen LogP contribution >= 0.6 is 0 Å². The molecule has 3 nitrogen and oxygen atoms in total. The molecule has 0 radical (unpaired) electrons. The summed E-state index contributed by atoms with van der Waals surface area (Å²) in [5.41, 5.74) is 14.9. The summed E-state index contributed by atoms with van der Waals surface area (Å²) >= 11 is 0. The minimum absolute atomic E-state index is 0.593. The van der Waals surface area contributed by atoms with Gasteiger partial charge in [0.15, 0.2) is 0 Å². The first-order chi connectivity index (χ1) is 11.0. The van der Waals surface area contributed by atoms with E-state index in [9.17, 15) is 5.26 Å². The Morgan fingerprint density at radius 3 is 2.43 bits per heavy atom. The number of aryl methyl sites for hydroxylation is 2. The topological polar surface area (TPSA) is 53.0 Å². The molecule has 1 aliphatic heterocycles. The van der Waals surface area contributed by atoms with Gasteiger partial charge in [-0.05, 0) is 55.1 Å². The van der Waals surface area contributed by atoms with E-state index in [0.29, 0.717) is 11.3 Å². The Hall–Kier alpha value is -2.31. The Morgan fingerprint density at radius 1 is 1.13 bits per heavy atom. The second-order valence-corrected chi connectivity index (χ2v) is 6.45. The number of hydrogen-bond acceptors (Lipinski definition) is 3. The molecule has 0 fully saturated rings. The molecule has 118 valence electrons. The van der Waals surface area contributed by atoms with Gasteiger partial charge in [-0.2, -0.15) is 5.26 Å². The standard InChI is InChI=1S/C20H23N3/c1-4-23-6-5-17-18(15-8-13(2)7-14(3)9-15)10-16(11-21)20(22)19(17)12-23/h7-10H,4-6,12,22H2,1-3H3. The second kappa shape index (κ2) is 6.06. The molecule has 0 aliphatic carbocycles. The molecule has 2 N–H and O–H groups in total. The van der Waals surface area contributed by atoms with Gasteiger partial charge in [-0.3, -0.25) is 4.90 Å². The van der Waals surface area contributed by atoms with E-state index < -0.39 is 0 Å². The van der Waals surface area contributed by atoms with Gasteiger partial charge in [-0.25, -0.2) is 0 Å². The fourth-order valence-corrected chi connectivity index (χ4v) is 3.59. The van der Waals surface area contributed by atoms with Gasteiger partial charge in [0.1, 0.15) is 6.07 Å². The Kier molecular flexibility index (Phi) is 4.11. The van der Waals surface area contributed by atoms with E-state index in [-0.39, 0.29) is 0 Å². The van der Waals surface area contributed by atoms with Crippen LogP contribution in [0.5, 0.6) is 0 Å². The fourth-order valence-electron chi connectivity index (χ4n) is 3.59. The highest BCUT2D eigenvalue weighted by atomic mass is 15.1. The maximum atomic E-state index is 9.48. The SMILES string of the molecule is CCN1CCc2c(-c3cc(C)cc(C)c3)cc(C#N)c(N)c2C1. The predicted octanol–water partition coefficient (Wildman–Crippen LogP) is 3.80. The van der Waals surface area contributed by atoms with Crippen molar-refractivity contribution in [3.63, 3.8) is 0 Å². The smallest absolute Gasteiger partial charge is 0.101 e. The van der Waals surface area contributed by atoms with Gasteiger partial charge in [-0.15, -0.1) is 0 Å². The number of rotatable bonds is 2. The maximum Gasteiger partial charge on any atom is 0.101 e. The second-order valence-electron chi connectivity index (χ2n) is 6.45. The van der Waals surface area contributed by atoms with E-state index in [4.69, 9.17) is 5.73 Å². The Morgan fingerprint density at radius 2 is 1.83 bits per heavy atom. The van der Waals surface area contributed by atoms with Crippen LogP contribution in [-0.4, -0.2) is 18.0 Å². The molecule has 0 spiro atoms. The number of nitriles is 1. The van der Waals surface area contributed by atoms with Crippen molar-refractivity contribution in [2.24, 2.45) is 0 Å². The number of nitrogens with two attached hydrogens (primary N) is 1. The zero-order chi connectivity index (χ0) is 16.6. The average molecular weight is 305 g/mol. The monoisotopic (exact) mass is 305 g/mol. The third-order valence-corrected chi connectivity index (χ3v) is 4.75. The molecule has 1 aliphatic rings. The van der Waals surface area contributed by atoms with Crippen LogP contribution in [0.2, 0.25) is 0 Å². The van der Waals surface area contributed by atoms with Crippen molar-refractivity contribution in [1.82, 2.24) is 4.90 Å². The number of benzene rings is 2. The lowest BCUT2D eigenvalue weighted by Crippen LogP contribution is -2.31. The lowest BCUT2D eigenvalue weighted by molar-refractivity contribution is 0.269. The van der Waals surface area contributed by atoms with Crippen LogP contribution < -0.4 is 5.73 Å². The van der Waals surface area contributed by atoms with Gasteiger partial charge < -0.3 is 5.73 Å². The molecule has 0 atom stereocenters. The van der Waals surface area contributed by atoms with E-state index in [1.807, 2.05) is 6.07 Å². The van der Waals surface area contributed by atoms with Crippen LogP contribution in [0.4, 0.5) is 5.69 Å². The van der Waals surface area contributed by atoms with Crippen LogP contribution in [0.25, 0.3) is 11.1 Å². The highest BCUT2D eigenvalue weighted by Gasteiger charge is 2.23. The number of nitrogen functional groups attached to an aromatic ring is 1. The van der Waals surface area contributed by atoms with E-state index in [0.717, 1.165) is 31.6 Å². The third-order valence-electron chi connectivity index (χ3n) is 4.75. The van der Waals surface area contributed by atoms with Crippen LogP contribution in [-0.2, 0) is 13.0 Å². The molecule has 3 rings (SSSR count). The Balaban J connectivity index is 2.24. The lowest BCUT2D eigenvalue weighted by atomic mass is 9.86. The van der Waals surface area contributed by atoms with Crippen molar-refractivity contribution in [1.29, 1.82) is 5.26 Å². The summed E-state index contributed by atoms with van der Waals surface area (Å²) < 4.78 is 0. The molecule has 0 unspecified atom stereocenters. The fraction of sp³-hybridized carbons (Fsp3) is 0.350. The van der Waals surface area contributed by atoms with Crippen LogP contribution in [0, 0.1) is 25.2 Å². The molecular formula is C20H23N3. The molecule has 23 heavy (non-hydrogen) atoms. The zero-order valence-corrected chi connectivity index (χ0v) is 14.1. The molecule has 2 aromatic carbocycles. The summed E-state index contributed by atoms with van der Waals surface area (Å²) in [5.74, 6) is 0. The van der Waals surface area contributed by atoms with Gasteiger partial charge in [-0.1, -0.05) is 36.2 Å². The number of fused-ring (bicyclic) bond motifs is 1. The number of anilines is 1. The normalized spacial score (nSPS) is 14.3. The largest absolute Gasteiger partial charge is 0.397 e. The maximum absolute atomic E-state index is 9.48. The summed E-state index contributed by atoms with van der Waals surface area (Å²) in [6.07, 6.45) is 0.988. The van der Waals surface area contributed by atoms with E-state index in [2.05, 4.69) is 49.9 Å². The molecule has 3 heteroatoms. The lowest BCUT2D eigenvalue weighted by Gasteiger charge is -2.30. The Labute approximate surface area is 138 Å². The quantitative estimate of drug-likeness (QED) is 0.859. The number of likely N-dealkylation sites (N-methyl/N-ethyl adjacent to an activating group) is 1. The molecule has 2 aromatic rings. The first kappa shape index (κ1) is 15.6. The van der Waals surface area contributed by atoms with Gasteiger partial charge in [0.25, 0.3) is 0 Å². The Bertz CT molecular complexity index is 779. The van der Waals surface area contributed by atoms with Gasteiger partial charge in [0.05, 0.1) is 11.3 Å². The predicted molar refractivity (Wildman–Crippen MR) is 95.1 cm³/mol. The third kappa shape index (κ3) is 2.83. The first-order valence-corrected chi connectivity index (χ1v) is 8.18.